The van der Waals surface area contributed by atoms with E-state index in [0.29, 0.717) is 24.4 Å². The summed E-state index contributed by atoms with van der Waals surface area (Å²) in [6.45, 7) is 8.97. The summed E-state index contributed by atoms with van der Waals surface area (Å²) < 4.78 is 0. The quantitative estimate of drug-likeness (QED) is 0.752. The molecule has 0 saturated carbocycles. The number of rotatable bonds is 6. The van der Waals surface area contributed by atoms with Crippen molar-refractivity contribution in [2.45, 2.75) is 44.8 Å². The Morgan fingerprint density at radius 1 is 1.14 bits per heavy atom. The topological polar surface area (TPSA) is 38.8 Å². The van der Waals surface area contributed by atoms with E-state index in [9.17, 15) is 4.79 Å². The van der Waals surface area contributed by atoms with Crippen LogP contribution >= 0.6 is 24.8 Å². The molecule has 3 rings (SSSR count). The number of nitrogens with one attached hydrogen (secondary N) is 1. The fourth-order valence-electron chi connectivity index (χ4n) is 4.18. The van der Waals surface area contributed by atoms with Crippen LogP contribution in [0, 0.1) is 0 Å². The van der Waals surface area contributed by atoms with Crippen molar-refractivity contribution in [3.05, 3.63) is 35.9 Å². The predicted octanol–water partition coefficient (Wildman–Crippen LogP) is 2.64. The molecule has 2 aliphatic rings. The van der Waals surface area contributed by atoms with Crippen LogP contribution in [-0.2, 0) is 11.3 Å². The number of hydrogen-bond donors (Lipinski definition) is 1. The zero-order valence-electron chi connectivity index (χ0n) is 17.2. The molecule has 1 N–H and O–H groups in total. The standard InChI is InChI=1S/C21H34N4O.2ClH/c1-18-16-20(8-13-25(18)17-19-6-4-3-5-7-19)23(2)12-9-21(26)24-14-10-22-11-15-24;;/h3-7,18,20,22H,8-17H2,1-2H3;2*1H. The first-order valence-electron chi connectivity index (χ1n) is 10.1. The Kier molecular flexibility index (Phi) is 11.4. The first kappa shape index (κ1) is 25.2. The minimum Gasteiger partial charge on any atom is -0.340 e. The van der Waals surface area contributed by atoms with Gasteiger partial charge in [-0.25, -0.2) is 0 Å². The molecule has 28 heavy (non-hydrogen) atoms. The summed E-state index contributed by atoms with van der Waals surface area (Å²) in [6.07, 6.45) is 3.02. The second kappa shape index (κ2) is 12.7. The van der Waals surface area contributed by atoms with Crippen LogP contribution in [0.2, 0.25) is 0 Å². The number of piperidine rings is 1. The normalized spacial score (nSPS) is 23.0. The summed E-state index contributed by atoms with van der Waals surface area (Å²) in [7, 11) is 2.19. The van der Waals surface area contributed by atoms with Gasteiger partial charge in [0.25, 0.3) is 0 Å². The maximum absolute atomic E-state index is 12.4. The van der Waals surface area contributed by atoms with E-state index in [2.05, 4.69) is 59.4 Å². The van der Waals surface area contributed by atoms with E-state index in [1.807, 2.05) is 4.90 Å². The zero-order valence-corrected chi connectivity index (χ0v) is 18.8. The van der Waals surface area contributed by atoms with Crippen LogP contribution in [0.1, 0.15) is 31.7 Å². The number of carbonyl (C=O) groups excluding carboxylic acids is 1. The highest BCUT2D eigenvalue weighted by Gasteiger charge is 2.28. The van der Waals surface area contributed by atoms with Gasteiger partial charge in [-0.2, -0.15) is 0 Å². The summed E-state index contributed by atoms with van der Waals surface area (Å²) in [6, 6.07) is 11.9. The molecule has 2 aliphatic heterocycles. The van der Waals surface area contributed by atoms with Gasteiger partial charge in [0.1, 0.15) is 0 Å². The van der Waals surface area contributed by atoms with Gasteiger partial charge < -0.3 is 15.1 Å². The van der Waals surface area contributed by atoms with E-state index in [1.165, 1.54) is 18.4 Å². The van der Waals surface area contributed by atoms with Crippen LogP contribution < -0.4 is 5.32 Å². The molecule has 1 aromatic rings. The molecule has 0 bridgehead atoms. The van der Waals surface area contributed by atoms with Crippen molar-refractivity contribution in [3.63, 3.8) is 0 Å². The van der Waals surface area contributed by atoms with Crippen molar-refractivity contribution in [2.24, 2.45) is 0 Å². The summed E-state index contributed by atoms with van der Waals surface area (Å²) >= 11 is 0. The van der Waals surface area contributed by atoms with Crippen molar-refractivity contribution in [1.82, 2.24) is 20.0 Å². The smallest absolute Gasteiger partial charge is 0.223 e. The van der Waals surface area contributed by atoms with Gasteiger partial charge in [0.05, 0.1) is 0 Å². The number of likely N-dealkylation sites (tertiary alicyclic amines) is 1. The fourth-order valence-corrected chi connectivity index (χ4v) is 4.18. The van der Waals surface area contributed by atoms with Crippen LogP contribution in [0.15, 0.2) is 30.3 Å². The van der Waals surface area contributed by atoms with E-state index in [1.54, 1.807) is 0 Å². The van der Waals surface area contributed by atoms with Gasteiger partial charge in [-0.3, -0.25) is 9.69 Å². The molecule has 2 heterocycles. The molecular weight excluding hydrogens is 395 g/mol. The minimum atomic E-state index is 0. The van der Waals surface area contributed by atoms with Gasteiger partial charge in [-0.05, 0) is 32.4 Å². The Morgan fingerprint density at radius 2 is 1.82 bits per heavy atom. The highest BCUT2D eigenvalue weighted by atomic mass is 35.5. The molecule has 1 aromatic carbocycles. The number of nitrogens with zero attached hydrogens (tertiary/aromatic N) is 3. The van der Waals surface area contributed by atoms with E-state index in [0.717, 1.165) is 45.8 Å². The van der Waals surface area contributed by atoms with Crippen molar-refractivity contribution in [3.8, 4) is 0 Å². The maximum Gasteiger partial charge on any atom is 0.223 e. The van der Waals surface area contributed by atoms with Gasteiger partial charge in [-0.1, -0.05) is 30.3 Å². The Hall–Kier alpha value is -0.850. The third-order valence-electron chi connectivity index (χ3n) is 5.99. The van der Waals surface area contributed by atoms with Gasteiger partial charge in [0, 0.05) is 64.3 Å². The molecule has 2 saturated heterocycles. The predicted molar refractivity (Wildman–Crippen MR) is 121 cm³/mol. The van der Waals surface area contributed by atoms with E-state index in [-0.39, 0.29) is 24.8 Å². The number of carbonyl (C=O) groups is 1. The molecule has 7 heteroatoms. The maximum atomic E-state index is 12.4. The lowest BCUT2D eigenvalue weighted by Gasteiger charge is -2.41. The Labute approximate surface area is 182 Å². The van der Waals surface area contributed by atoms with E-state index >= 15 is 0 Å². The third-order valence-corrected chi connectivity index (χ3v) is 5.99. The Balaban J connectivity index is 0.00000196. The van der Waals surface area contributed by atoms with Crippen LogP contribution in [0.3, 0.4) is 0 Å². The van der Waals surface area contributed by atoms with E-state index in [4.69, 9.17) is 0 Å². The second-order valence-corrected chi connectivity index (χ2v) is 7.84. The molecule has 0 spiro atoms. The molecule has 1 amide bonds. The minimum absolute atomic E-state index is 0. The lowest BCUT2D eigenvalue weighted by Crippen LogP contribution is -2.49. The van der Waals surface area contributed by atoms with Crippen LogP contribution in [0.25, 0.3) is 0 Å². The number of benzene rings is 1. The lowest BCUT2D eigenvalue weighted by molar-refractivity contribution is -0.132. The molecule has 2 fully saturated rings. The van der Waals surface area contributed by atoms with Crippen LogP contribution in [0.5, 0.6) is 0 Å². The zero-order chi connectivity index (χ0) is 18.4. The van der Waals surface area contributed by atoms with Crippen LogP contribution in [0.4, 0.5) is 0 Å². The summed E-state index contributed by atoms with van der Waals surface area (Å²) in [5.41, 5.74) is 1.40. The number of hydrogen-bond acceptors (Lipinski definition) is 4. The molecule has 2 atom stereocenters. The summed E-state index contributed by atoms with van der Waals surface area (Å²) in [4.78, 5) is 19.4. The molecule has 0 aromatic heterocycles. The second-order valence-electron chi connectivity index (χ2n) is 7.84. The van der Waals surface area contributed by atoms with Crippen molar-refractivity contribution < 1.29 is 4.79 Å². The highest BCUT2D eigenvalue weighted by molar-refractivity contribution is 5.85. The van der Waals surface area contributed by atoms with Gasteiger partial charge in [-0.15, -0.1) is 24.8 Å². The van der Waals surface area contributed by atoms with Gasteiger partial charge in [0.15, 0.2) is 0 Å². The molecule has 2 unspecified atom stereocenters. The van der Waals surface area contributed by atoms with Gasteiger partial charge in [0.2, 0.25) is 5.91 Å². The summed E-state index contributed by atoms with van der Waals surface area (Å²) in [5, 5.41) is 3.30. The molecular formula is C21H36Cl2N4O. The number of piperazine rings is 1. The Morgan fingerprint density at radius 3 is 2.46 bits per heavy atom. The molecule has 0 aliphatic carbocycles. The first-order valence-corrected chi connectivity index (χ1v) is 10.1. The van der Waals surface area contributed by atoms with Crippen molar-refractivity contribution in [2.75, 3.05) is 46.3 Å². The lowest BCUT2D eigenvalue weighted by atomic mass is 9.96. The first-order chi connectivity index (χ1) is 12.6. The molecule has 5 nitrogen and oxygen atoms in total. The van der Waals surface area contributed by atoms with Crippen molar-refractivity contribution >= 4 is 30.7 Å². The van der Waals surface area contributed by atoms with Crippen molar-refractivity contribution in [1.29, 1.82) is 0 Å². The van der Waals surface area contributed by atoms with E-state index < -0.39 is 0 Å². The SMILES string of the molecule is CC1CC(N(C)CCC(=O)N2CCNCC2)CCN1Cc1ccccc1.Cl.Cl. The molecule has 0 radical (unpaired) electrons. The fraction of sp³-hybridized carbons (Fsp3) is 0.667. The monoisotopic (exact) mass is 430 g/mol. The highest BCUT2D eigenvalue weighted by Crippen LogP contribution is 2.23. The van der Waals surface area contributed by atoms with Gasteiger partial charge >= 0.3 is 0 Å². The molecule has 160 valence electrons. The largest absolute Gasteiger partial charge is 0.340 e. The summed E-state index contributed by atoms with van der Waals surface area (Å²) in [5.74, 6) is 0.313. The average molecular weight is 431 g/mol. The number of amides is 1. The Bertz CT molecular complexity index is 569. The number of halogens is 2. The van der Waals surface area contributed by atoms with Crippen LogP contribution in [-0.4, -0.2) is 79.0 Å². The third kappa shape index (κ3) is 7.20. The average Bonchev–Trinajstić information content (AvgIpc) is 2.69.